The molecular weight excluding hydrogens is 260 g/mol. The lowest BCUT2D eigenvalue weighted by Crippen LogP contribution is -2.30. The Balaban J connectivity index is 2.80. The van der Waals surface area contributed by atoms with Crippen molar-refractivity contribution in [1.82, 2.24) is 5.32 Å². The van der Waals surface area contributed by atoms with Gasteiger partial charge in [0.05, 0.1) is 17.9 Å². The molecule has 0 saturated heterocycles. The number of ether oxygens (including phenoxy) is 1. The lowest BCUT2D eigenvalue weighted by atomic mass is 10.1. The average molecular weight is 280 g/mol. The molecule has 0 aliphatic carbocycles. The molecule has 0 aliphatic heterocycles. The number of carbonyl (C=O) groups is 2. The second-order valence-corrected chi connectivity index (χ2v) is 5.15. The largest absolute Gasteiger partial charge is 0.444 e. The molecule has 0 atom stereocenters. The van der Waals surface area contributed by atoms with Crippen molar-refractivity contribution in [3.63, 3.8) is 0 Å². The highest BCUT2D eigenvalue weighted by Crippen LogP contribution is 2.16. The maximum atomic E-state index is 11.9. The van der Waals surface area contributed by atoms with Gasteiger partial charge in [-0.15, -0.1) is 0 Å². The first-order chi connectivity index (χ1) is 9.33. The quantitative estimate of drug-likeness (QED) is 0.784. The van der Waals surface area contributed by atoms with Crippen molar-refractivity contribution in [3.05, 3.63) is 29.8 Å². The minimum absolute atomic E-state index is 0.145. The van der Waals surface area contributed by atoms with Crippen LogP contribution < -0.4 is 10.6 Å². The Kier molecular flexibility index (Phi) is 5.52. The SMILES string of the molecule is CC(C)(C)OC(=O)Nc1ccccc1C(=O)NCCO. The maximum absolute atomic E-state index is 11.9. The molecule has 0 spiro atoms. The zero-order valence-electron chi connectivity index (χ0n) is 11.9. The molecule has 0 bridgehead atoms. The van der Waals surface area contributed by atoms with Crippen molar-refractivity contribution in [2.45, 2.75) is 26.4 Å². The molecule has 0 radical (unpaired) electrons. The van der Waals surface area contributed by atoms with E-state index in [2.05, 4.69) is 10.6 Å². The fraction of sp³-hybridized carbons (Fsp3) is 0.429. The lowest BCUT2D eigenvalue weighted by molar-refractivity contribution is 0.0636. The highest BCUT2D eigenvalue weighted by Gasteiger charge is 2.18. The summed E-state index contributed by atoms with van der Waals surface area (Å²) in [6.07, 6.45) is -0.625. The molecule has 0 fully saturated rings. The molecule has 0 unspecified atom stereocenters. The summed E-state index contributed by atoms with van der Waals surface area (Å²) in [7, 11) is 0. The summed E-state index contributed by atoms with van der Waals surface area (Å²) >= 11 is 0. The Hall–Kier alpha value is -2.08. The Morgan fingerprint density at radius 3 is 2.50 bits per heavy atom. The van der Waals surface area contributed by atoms with Crippen LogP contribution in [-0.2, 0) is 4.74 Å². The molecule has 1 rings (SSSR count). The minimum atomic E-state index is -0.625. The van der Waals surface area contributed by atoms with Crippen molar-refractivity contribution in [1.29, 1.82) is 0 Å². The third-order valence-electron chi connectivity index (χ3n) is 2.20. The molecule has 3 N–H and O–H groups in total. The number of hydrogen-bond acceptors (Lipinski definition) is 4. The summed E-state index contributed by atoms with van der Waals surface area (Å²) < 4.78 is 5.14. The predicted molar refractivity (Wildman–Crippen MR) is 75.7 cm³/mol. The van der Waals surface area contributed by atoms with Crippen molar-refractivity contribution in [3.8, 4) is 0 Å². The molecule has 6 nitrogen and oxygen atoms in total. The van der Waals surface area contributed by atoms with Crippen LogP contribution in [0.1, 0.15) is 31.1 Å². The first-order valence-electron chi connectivity index (χ1n) is 6.31. The van der Waals surface area contributed by atoms with E-state index in [1.54, 1.807) is 45.0 Å². The van der Waals surface area contributed by atoms with E-state index in [9.17, 15) is 9.59 Å². The van der Waals surface area contributed by atoms with Crippen molar-refractivity contribution >= 4 is 17.7 Å². The smallest absolute Gasteiger partial charge is 0.412 e. The van der Waals surface area contributed by atoms with E-state index in [1.807, 2.05) is 0 Å². The number of aliphatic hydroxyl groups excluding tert-OH is 1. The molecule has 110 valence electrons. The zero-order valence-corrected chi connectivity index (χ0v) is 11.9. The molecule has 0 aliphatic rings. The predicted octanol–water partition coefficient (Wildman–Crippen LogP) is 1.76. The van der Waals surface area contributed by atoms with Gasteiger partial charge in [0.1, 0.15) is 5.60 Å². The van der Waals surface area contributed by atoms with Crippen molar-refractivity contribution < 1.29 is 19.4 Å². The monoisotopic (exact) mass is 280 g/mol. The number of anilines is 1. The summed E-state index contributed by atoms with van der Waals surface area (Å²) in [5.74, 6) is -0.370. The van der Waals surface area contributed by atoms with Crippen LogP contribution in [0.2, 0.25) is 0 Å². The third kappa shape index (κ3) is 5.27. The van der Waals surface area contributed by atoms with Crippen LogP contribution in [0.3, 0.4) is 0 Å². The Bertz CT molecular complexity index is 480. The summed E-state index contributed by atoms with van der Waals surface area (Å²) in [5.41, 5.74) is 0.0574. The van der Waals surface area contributed by atoms with Gasteiger partial charge in [0.25, 0.3) is 5.91 Å². The number of benzene rings is 1. The van der Waals surface area contributed by atoms with E-state index in [0.717, 1.165) is 0 Å². The van der Waals surface area contributed by atoms with E-state index in [-0.39, 0.29) is 19.1 Å². The normalized spacial score (nSPS) is 10.8. The van der Waals surface area contributed by atoms with Crippen LogP contribution in [0.15, 0.2) is 24.3 Å². The number of nitrogens with one attached hydrogen (secondary N) is 2. The second-order valence-electron chi connectivity index (χ2n) is 5.15. The standard InChI is InChI=1S/C14H20N2O4/c1-14(2,3)20-13(19)16-11-7-5-4-6-10(11)12(18)15-8-9-17/h4-7,17H,8-9H2,1-3H3,(H,15,18)(H,16,19). The van der Waals surface area contributed by atoms with Gasteiger partial charge in [-0.1, -0.05) is 12.1 Å². The number of hydrogen-bond donors (Lipinski definition) is 3. The maximum Gasteiger partial charge on any atom is 0.412 e. The van der Waals surface area contributed by atoms with Gasteiger partial charge in [-0.3, -0.25) is 10.1 Å². The van der Waals surface area contributed by atoms with Crippen LogP contribution in [0.25, 0.3) is 0 Å². The van der Waals surface area contributed by atoms with Crippen LogP contribution in [0.5, 0.6) is 0 Å². The Morgan fingerprint density at radius 2 is 1.90 bits per heavy atom. The summed E-state index contributed by atoms with van der Waals surface area (Å²) in [6.45, 7) is 5.28. The fourth-order valence-electron chi connectivity index (χ4n) is 1.47. The summed E-state index contributed by atoms with van der Waals surface area (Å²) in [5, 5.41) is 13.8. The fourth-order valence-corrected chi connectivity index (χ4v) is 1.47. The first kappa shape index (κ1) is 16.0. The Labute approximate surface area is 118 Å². The molecule has 20 heavy (non-hydrogen) atoms. The van der Waals surface area contributed by atoms with Gasteiger partial charge in [-0.2, -0.15) is 0 Å². The van der Waals surface area contributed by atoms with E-state index >= 15 is 0 Å². The second kappa shape index (κ2) is 6.91. The van der Waals surface area contributed by atoms with Crippen LogP contribution in [-0.4, -0.2) is 35.9 Å². The third-order valence-corrected chi connectivity index (χ3v) is 2.20. The summed E-state index contributed by atoms with van der Waals surface area (Å²) in [6, 6.07) is 6.58. The van der Waals surface area contributed by atoms with E-state index in [0.29, 0.717) is 11.3 Å². The van der Waals surface area contributed by atoms with Gasteiger partial charge in [0.2, 0.25) is 0 Å². The average Bonchev–Trinajstić information content (AvgIpc) is 2.34. The van der Waals surface area contributed by atoms with Gasteiger partial charge in [0, 0.05) is 6.54 Å². The minimum Gasteiger partial charge on any atom is -0.444 e. The van der Waals surface area contributed by atoms with E-state index in [4.69, 9.17) is 9.84 Å². The van der Waals surface area contributed by atoms with Gasteiger partial charge in [-0.05, 0) is 32.9 Å². The van der Waals surface area contributed by atoms with Gasteiger partial charge >= 0.3 is 6.09 Å². The number of para-hydroxylation sites is 1. The van der Waals surface area contributed by atoms with Crippen molar-refractivity contribution in [2.24, 2.45) is 0 Å². The van der Waals surface area contributed by atoms with E-state index < -0.39 is 11.7 Å². The number of rotatable bonds is 4. The van der Waals surface area contributed by atoms with Gasteiger partial charge < -0.3 is 15.2 Å². The molecule has 6 heteroatoms. The number of carbonyl (C=O) groups excluding carboxylic acids is 2. The van der Waals surface area contributed by atoms with Crippen molar-refractivity contribution in [2.75, 3.05) is 18.5 Å². The zero-order chi connectivity index (χ0) is 15.2. The highest BCUT2D eigenvalue weighted by molar-refractivity contribution is 6.02. The molecular formula is C14H20N2O4. The van der Waals surface area contributed by atoms with Crippen LogP contribution >= 0.6 is 0 Å². The molecule has 0 aromatic heterocycles. The highest BCUT2D eigenvalue weighted by atomic mass is 16.6. The van der Waals surface area contributed by atoms with E-state index in [1.165, 1.54) is 0 Å². The van der Waals surface area contributed by atoms with Crippen LogP contribution in [0.4, 0.5) is 10.5 Å². The Morgan fingerprint density at radius 1 is 1.25 bits per heavy atom. The molecule has 2 amide bonds. The van der Waals surface area contributed by atoms with Crippen LogP contribution in [0, 0.1) is 0 Å². The molecule has 1 aromatic rings. The summed E-state index contributed by atoms with van der Waals surface area (Å²) in [4.78, 5) is 23.6. The van der Waals surface area contributed by atoms with Gasteiger partial charge in [0.15, 0.2) is 0 Å². The topological polar surface area (TPSA) is 87.7 Å². The molecule has 0 heterocycles. The first-order valence-corrected chi connectivity index (χ1v) is 6.31. The number of amides is 2. The molecule has 1 aromatic carbocycles. The number of aliphatic hydroxyl groups is 1. The lowest BCUT2D eigenvalue weighted by Gasteiger charge is -2.20. The van der Waals surface area contributed by atoms with Gasteiger partial charge in [-0.25, -0.2) is 4.79 Å². The molecule has 0 saturated carbocycles.